The molecule has 3 nitrogen and oxygen atoms in total. The second-order valence-corrected chi connectivity index (χ2v) is 4.68. The predicted molar refractivity (Wildman–Crippen MR) is 73.9 cm³/mol. The third-order valence-corrected chi connectivity index (χ3v) is 3.09. The second-order valence-electron chi connectivity index (χ2n) is 4.68. The Balaban J connectivity index is 2.28. The highest BCUT2D eigenvalue weighted by Gasteiger charge is 2.13. The number of hydrazine groups is 1. The summed E-state index contributed by atoms with van der Waals surface area (Å²) in [6.45, 7) is 4.37. The van der Waals surface area contributed by atoms with Crippen LogP contribution in [-0.4, -0.2) is 4.98 Å². The lowest BCUT2D eigenvalue weighted by molar-refractivity contribution is 0.620. The predicted octanol–water partition coefficient (Wildman–Crippen LogP) is 2.76. The zero-order chi connectivity index (χ0) is 13.0. The van der Waals surface area contributed by atoms with Crippen molar-refractivity contribution >= 4 is 0 Å². The molecule has 0 radical (unpaired) electrons. The Morgan fingerprint density at radius 3 is 2.17 bits per heavy atom. The van der Waals surface area contributed by atoms with Crippen LogP contribution in [0, 0.1) is 0 Å². The van der Waals surface area contributed by atoms with E-state index in [2.05, 4.69) is 48.5 Å². The van der Waals surface area contributed by atoms with Crippen molar-refractivity contribution < 1.29 is 0 Å². The number of rotatable bonds is 4. The molecule has 3 N–H and O–H groups in total. The van der Waals surface area contributed by atoms with Gasteiger partial charge in [-0.1, -0.05) is 44.2 Å². The standard InChI is InChI=1S/C15H19N3/c1-11(2)12-6-8-13(9-7-12)15(18-16)14-5-3-4-10-17-14/h3-11,15,18H,16H2,1-2H3. The third-order valence-electron chi connectivity index (χ3n) is 3.09. The molecule has 0 spiro atoms. The largest absolute Gasteiger partial charge is 0.271 e. The average molecular weight is 241 g/mol. The summed E-state index contributed by atoms with van der Waals surface area (Å²) in [5.74, 6) is 6.18. The van der Waals surface area contributed by atoms with Crippen LogP contribution in [0.1, 0.15) is 42.6 Å². The lowest BCUT2D eigenvalue weighted by Gasteiger charge is -2.16. The Morgan fingerprint density at radius 2 is 1.67 bits per heavy atom. The second kappa shape index (κ2) is 5.76. The van der Waals surface area contributed by atoms with Crippen LogP contribution in [0.5, 0.6) is 0 Å². The van der Waals surface area contributed by atoms with E-state index in [1.54, 1.807) is 6.20 Å². The van der Waals surface area contributed by atoms with Gasteiger partial charge in [-0.2, -0.15) is 0 Å². The van der Waals surface area contributed by atoms with Crippen LogP contribution in [0.25, 0.3) is 0 Å². The molecular weight excluding hydrogens is 222 g/mol. The normalized spacial score (nSPS) is 12.7. The molecule has 0 bridgehead atoms. The summed E-state index contributed by atoms with van der Waals surface area (Å²) >= 11 is 0. The van der Waals surface area contributed by atoms with Gasteiger partial charge in [-0.15, -0.1) is 0 Å². The van der Waals surface area contributed by atoms with Crippen molar-refractivity contribution in [2.75, 3.05) is 0 Å². The van der Waals surface area contributed by atoms with Crippen molar-refractivity contribution in [3.05, 3.63) is 65.5 Å². The van der Waals surface area contributed by atoms with Gasteiger partial charge < -0.3 is 0 Å². The SMILES string of the molecule is CC(C)c1ccc(C(NN)c2ccccn2)cc1. The lowest BCUT2D eigenvalue weighted by atomic mass is 9.98. The molecule has 1 unspecified atom stereocenters. The van der Waals surface area contributed by atoms with E-state index in [1.165, 1.54) is 5.56 Å². The van der Waals surface area contributed by atoms with E-state index >= 15 is 0 Å². The van der Waals surface area contributed by atoms with E-state index in [-0.39, 0.29) is 6.04 Å². The lowest BCUT2D eigenvalue weighted by Crippen LogP contribution is -2.29. The van der Waals surface area contributed by atoms with Crippen LogP contribution < -0.4 is 11.3 Å². The maximum Gasteiger partial charge on any atom is 0.0881 e. The number of aromatic nitrogens is 1. The summed E-state index contributed by atoms with van der Waals surface area (Å²) in [5.41, 5.74) is 6.20. The molecule has 0 amide bonds. The van der Waals surface area contributed by atoms with Crippen LogP contribution >= 0.6 is 0 Å². The topological polar surface area (TPSA) is 50.9 Å². The molecule has 0 fully saturated rings. The van der Waals surface area contributed by atoms with E-state index < -0.39 is 0 Å². The van der Waals surface area contributed by atoms with Gasteiger partial charge in [0.2, 0.25) is 0 Å². The Morgan fingerprint density at radius 1 is 1.00 bits per heavy atom. The fourth-order valence-electron chi connectivity index (χ4n) is 1.97. The van der Waals surface area contributed by atoms with Crippen molar-refractivity contribution in [2.24, 2.45) is 5.84 Å². The molecule has 0 saturated heterocycles. The van der Waals surface area contributed by atoms with E-state index in [4.69, 9.17) is 5.84 Å². The van der Waals surface area contributed by atoms with Gasteiger partial charge in [-0.3, -0.25) is 10.8 Å². The molecule has 1 aromatic carbocycles. The van der Waals surface area contributed by atoms with Gasteiger partial charge >= 0.3 is 0 Å². The summed E-state index contributed by atoms with van der Waals surface area (Å²) in [6.07, 6.45) is 1.78. The Hall–Kier alpha value is -1.71. The van der Waals surface area contributed by atoms with E-state index in [0.29, 0.717) is 5.92 Å². The first-order chi connectivity index (χ1) is 8.72. The minimum atomic E-state index is -0.0626. The molecule has 2 aromatic rings. The van der Waals surface area contributed by atoms with Crippen molar-refractivity contribution in [3.8, 4) is 0 Å². The number of nitrogens with zero attached hydrogens (tertiary/aromatic N) is 1. The van der Waals surface area contributed by atoms with Crippen LogP contribution in [-0.2, 0) is 0 Å². The first-order valence-electron chi connectivity index (χ1n) is 6.19. The van der Waals surface area contributed by atoms with Crippen molar-refractivity contribution in [3.63, 3.8) is 0 Å². The van der Waals surface area contributed by atoms with Crippen LogP contribution in [0.3, 0.4) is 0 Å². The first kappa shape index (κ1) is 12.7. The summed E-state index contributed by atoms with van der Waals surface area (Å²) in [6, 6.07) is 14.3. The minimum Gasteiger partial charge on any atom is -0.271 e. The summed E-state index contributed by atoms with van der Waals surface area (Å²) in [5, 5.41) is 0. The van der Waals surface area contributed by atoms with Crippen LogP contribution in [0.2, 0.25) is 0 Å². The van der Waals surface area contributed by atoms with Crippen molar-refractivity contribution in [2.45, 2.75) is 25.8 Å². The van der Waals surface area contributed by atoms with Gasteiger partial charge in [-0.25, -0.2) is 5.43 Å². The molecule has 0 aliphatic carbocycles. The van der Waals surface area contributed by atoms with E-state index in [0.717, 1.165) is 11.3 Å². The molecule has 1 heterocycles. The summed E-state index contributed by atoms with van der Waals surface area (Å²) < 4.78 is 0. The van der Waals surface area contributed by atoms with Gasteiger partial charge in [0.25, 0.3) is 0 Å². The Labute approximate surface area is 108 Å². The maximum absolute atomic E-state index is 5.64. The van der Waals surface area contributed by atoms with Crippen molar-refractivity contribution in [1.29, 1.82) is 0 Å². The number of nitrogens with two attached hydrogens (primary N) is 1. The first-order valence-corrected chi connectivity index (χ1v) is 6.19. The zero-order valence-electron chi connectivity index (χ0n) is 10.8. The molecule has 94 valence electrons. The Bertz CT molecular complexity index is 477. The third kappa shape index (κ3) is 2.75. The molecular formula is C15H19N3. The maximum atomic E-state index is 5.64. The van der Waals surface area contributed by atoms with Gasteiger partial charge in [0.05, 0.1) is 11.7 Å². The number of hydrogen-bond donors (Lipinski definition) is 2. The molecule has 18 heavy (non-hydrogen) atoms. The van der Waals surface area contributed by atoms with Gasteiger partial charge in [0, 0.05) is 6.20 Å². The highest BCUT2D eigenvalue weighted by Crippen LogP contribution is 2.22. The van der Waals surface area contributed by atoms with Crippen LogP contribution in [0.15, 0.2) is 48.7 Å². The highest BCUT2D eigenvalue weighted by molar-refractivity contribution is 5.31. The molecule has 1 aromatic heterocycles. The minimum absolute atomic E-state index is 0.0626. The average Bonchev–Trinajstić information content (AvgIpc) is 2.41. The number of benzene rings is 1. The molecule has 2 rings (SSSR count). The monoisotopic (exact) mass is 241 g/mol. The van der Waals surface area contributed by atoms with Gasteiger partial charge in [-0.05, 0) is 29.2 Å². The molecule has 1 atom stereocenters. The molecule has 3 heteroatoms. The number of hydrogen-bond acceptors (Lipinski definition) is 3. The quantitative estimate of drug-likeness (QED) is 0.639. The van der Waals surface area contributed by atoms with Gasteiger partial charge in [0.1, 0.15) is 0 Å². The summed E-state index contributed by atoms with van der Waals surface area (Å²) in [4.78, 5) is 4.34. The van der Waals surface area contributed by atoms with Gasteiger partial charge in [0.15, 0.2) is 0 Å². The summed E-state index contributed by atoms with van der Waals surface area (Å²) in [7, 11) is 0. The number of pyridine rings is 1. The number of nitrogens with one attached hydrogen (secondary N) is 1. The molecule has 0 aliphatic heterocycles. The van der Waals surface area contributed by atoms with Crippen molar-refractivity contribution in [1.82, 2.24) is 10.4 Å². The Kier molecular flexibility index (Phi) is 4.07. The fraction of sp³-hybridized carbons (Fsp3) is 0.267. The van der Waals surface area contributed by atoms with Crippen LogP contribution in [0.4, 0.5) is 0 Å². The fourth-order valence-corrected chi connectivity index (χ4v) is 1.97. The van der Waals surface area contributed by atoms with E-state index in [1.807, 2.05) is 18.2 Å². The molecule has 0 aliphatic rings. The highest BCUT2D eigenvalue weighted by atomic mass is 15.2. The molecule has 0 saturated carbocycles. The zero-order valence-corrected chi connectivity index (χ0v) is 10.8. The van der Waals surface area contributed by atoms with E-state index in [9.17, 15) is 0 Å². The smallest absolute Gasteiger partial charge is 0.0881 e.